The van der Waals surface area contributed by atoms with Gasteiger partial charge in [0.05, 0.1) is 0 Å². The minimum absolute atomic E-state index is 0.698. The predicted molar refractivity (Wildman–Crippen MR) is 75.3 cm³/mol. The molecule has 1 atom stereocenters. The van der Waals surface area contributed by atoms with Gasteiger partial charge in [-0.15, -0.1) is 0 Å². The summed E-state index contributed by atoms with van der Waals surface area (Å²) in [7, 11) is 0. The molecule has 1 aliphatic heterocycles. The van der Waals surface area contributed by atoms with Crippen LogP contribution in [0.15, 0.2) is 0 Å². The number of nitrogens with one attached hydrogen (secondary N) is 1. The Bertz CT molecular complexity index is 167. The van der Waals surface area contributed by atoms with Gasteiger partial charge in [-0.25, -0.2) is 0 Å². The lowest BCUT2D eigenvalue weighted by atomic mass is 9.98. The molecule has 0 aliphatic carbocycles. The van der Waals surface area contributed by atoms with E-state index in [0.29, 0.717) is 6.04 Å². The van der Waals surface area contributed by atoms with Gasteiger partial charge in [-0.2, -0.15) is 11.8 Å². The van der Waals surface area contributed by atoms with Gasteiger partial charge in [-0.1, -0.05) is 0 Å². The smallest absolute Gasteiger partial charge is 0.00387 e. The lowest BCUT2D eigenvalue weighted by Crippen LogP contribution is -2.41. The van der Waals surface area contributed by atoms with Crippen LogP contribution in [0.1, 0.15) is 33.1 Å². The van der Waals surface area contributed by atoms with Gasteiger partial charge in [0.2, 0.25) is 0 Å². The Kier molecular flexibility index (Phi) is 7.50. The summed E-state index contributed by atoms with van der Waals surface area (Å²) in [6.07, 6.45) is 6.31. The van der Waals surface area contributed by atoms with E-state index in [2.05, 4.69) is 30.3 Å². The maximum atomic E-state index is 3.52. The van der Waals surface area contributed by atoms with Crippen molar-refractivity contribution in [3.8, 4) is 0 Å². The van der Waals surface area contributed by atoms with E-state index in [1.165, 1.54) is 51.2 Å². The van der Waals surface area contributed by atoms with Gasteiger partial charge in [-0.3, -0.25) is 0 Å². The van der Waals surface area contributed by atoms with Crippen LogP contribution in [0.2, 0.25) is 0 Å². The summed E-state index contributed by atoms with van der Waals surface area (Å²) in [6.45, 7) is 9.68. The molecule has 1 aliphatic rings. The molecule has 1 saturated heterocycles. The highest BCUT2D eigenvalue weighted by atomic mass is 32.2. The first-order valence-electron chi connectivity index (χ1n) is 6.67. The molecule has 1 unspecified atom stereocenters. The van der Waals surface area contributed by atoms with Crippen molar-refractivity contribution >= 4 is 11.8 Å². The van der Waals surface area contributed by atoms with Crippen LogP contribution in [0.5, 0.6) is 0 Å². The van der Waals surface area contributed by atoms with E-state index < -0.39 is 0 Å². The van der Waals surface area contributed by atoms with Crippen molar-refractivity contribution in [3.05, 3.63) is 0 Å². The summed E-state index contributed by atoms with van der Waals surface area (Å²) in [6, 6.07) is 0.698. The fourth-order valence-corrected chi connectivity index (χ4v) is 2.80. The molecule has 16 heavy (non-hydrogen) atoms. The number of piperidine rings is 1. The molecule has 0 radical (unpaired) electrons. The average Bonchev–Trinajstić information content (AvgIpc) is 2.29. The van der Waals surface area contributed by atoms with Crippen LogP contribution in [-0.2, 0) is 0 Å². The monoisotopic (exact) mass is 244 g/mol. The summed E-state index contributed by atoms with van der Waals surface area (Å²) in [5, 5.41) is 3.52. The van der Waals surface area contributed by atoms with Crippen LogP contribution in [-0.4, -0.2) is 49.1 Å². The second-order valence-corrected chi connectivity index (χ2v) is 6.13. The molecular formula is C13H28N2S. The topological polar surface area (TPSA) is 15.3 Å². The molecule has 0 spiro atoms. The van der Waals surface area contributed by atoms with E-state index in [4.69, 9.17) is 0 Å². The third-order valence-electron chi connectivity index (χ3n) is 3.42. The Labute approximate surface area is 106 Å². The molecule has 0 bridgehead atoms. The van der Waals surface area contributed by atoms with Crippen molar-refractivity contribution < 1.29 is 0 Å². The zero-order valence-electron chi connectivity index (χ0n) is 11.2. The highest BCUT2D eigenvalue weighted by molar-refractivity contribution is 7.98. The summed E-state index contributed by atoms with van der Waals surface area (Å²) in [5.74, 6) is 2.18. The SMILES string of the molecule is CSCCCN(CC1CCCNC1)C(C)C. The summed E-state index contributed by atoms with van der Waals surface area (Å²) < 4.78 is 0. The van der Waals surface area contributed by atoms with E-state index in [-0.39, 0.29) is 0 Å². The first-order chi connectivity index (χ1) is 7.74. The summed E-state index contributed by atoms with van der Waals surface area (Å²) in [4.78, 5) is 2.66. The standard InChI is InChI=1S/C13H28N2S/c1-12(2)15(8-5-9-16-3)11-13-6-4-7-14-10-13/h12-14H,4-11H2,1-3H3. The lowest BCUT2D eigenvalue weighted by Gasteiger charge is -2.32. The van der Waals surface area contributed by atoms with Gasteiger partial charge < -0.3 is 10.2 Å². The van der Waals surface area contributed by atoms with Crippen molar-refractivity contribution in [1.29, 1.82) is 0 Å². The van der Waals surface area contributed by atoms with Crippen LogP contribution in [0, 0.1) is 5.92 Å². The molecule has 0 aromatic rings. The van der Waals surface area contributed by atoms with Crippen molar-refractivity contribution in [1.82, 2.24) is 10.2 Å². The van der Waals surface area contributed by atoms with Crippen molar-refractivity contribution in [2.24, 2.45) is 5.92 Å². The number of thioether (sulfide) groups is 1. The minimum Gasteiger partial charge on any atom is -0.316 e. The molecule has 3 heteroatoms. The Balaban J connectivity index is 2.25. The van der Waals surface area contributed by atoms with E-state index in [1.54, 1.807) is 0 Å². The number of hydrogen-bond acceptors (Lipinski definition) is 3. The number of nitrogens with zero attached hydrogens (tertiary/aromatic N) is 1. The van der Waals surface area contributed by atoms with Gasteiger partial charge >= 0.3 is 0 Å². The molecule has 0 aromatic carbocycles. The molecule has 0 amide bonds. The van der Waals surface area contributed by atoms with Gasteiger partial charge in [0, 0.05) is 12.6 Å². The molecule has 2 nitrogen and oxygen atoms in total. The molecule has 1 fully saturated rings. The fraction of sp³-hybridized carbons (Fsp3) is 1.00. The van der Waals surface area contributed by atoms with Crippen LogP contribution in [0.3, 0.4) is 0 Å². The van der Waals surface area contributed by atoms with Crippen molar-refractivity contribution in [2.75, 3.05) is 38.2 Å². The molecule has 0 saturated carbocycles. The van der Waals surface area contributed by atoms with E-state index in [9.17, 15) is 0 Å². The zero-order valence-corrected chi connectivity index (χ0v) is 12.0. The second-order valence-electron chi connectivity index (χ2n) is 5.15. The number of rotatable bonds is 7. The maximum Gasteiger partial charge on any atom is 0.00387 e. The predicted octanol–water partition coefficient (Wildman–Crippen LogP) is 2.45. The van der Waals surface area contributed by atoms with Gasteiger partial charge in [0.1, 0.15) is 0 Å². The summed E-state index contributed by atoms with van der Waals surface area (Å²) in [5.41, 5.74) is 0. The van der Waals surface area contributed by atoms with Gasteiger partial charge in [0.15, 0.2) is 0 Å². The Hall–Kier alpha value is 0.270. The average molecular weight is 244 g/mol. The molecule has 1 N–H and O–H groups in total. The highest BCUT2D eigenvalue weighted by Crippen LogP contribution is 2.14. The third-order valence-corrected chi connectivity index (χ3v) is 4.11. The molecule has 1 heterocycles. The third kappa shape index (κ3) is 5.55. The fourth-order valence-electron chi connectivity index (χ4n) is 2.38. The highest BCUT2D eigenvalue weighted by Gasteiger charge is 2.18. The number of hydrogen-bond donors (Lipinski definition) is 1. The van der Waals surface area contributed by atoms with E-state index in [0.717, 1.165) is 5.92 Å². The summed E-state index contributed by atoms with van der Waals surface area (Å²) >= 11 is 1.96. The van der Waals surface area contributed by atoms with Crippen molar-refractivity contribution in [3.63, 3.8) is 0 Å². The quantitative estimate of drug-likeness (QED) is 0.693. The minimum atomic E-state index is 0.698. The first kappa shape index (κ1) is 14.3. The van der Waals surface area contributed by atoms with Crippen molar-refractivity contribution in [2.45, 2.75) is 39.2 Å². The van der Waals surface area contributed by atoms with E-state index in [1.807, 2.05) is 11.8 Å². The Morgan fingerprint density at radius 1 is 1.44 bits per heavy atom. The largest absolute Gasteiger partial charge is 0.316 e. The Morgan fingerprint density at radius 3 is 2.81 bits per heavy atom. The molecule has 0 aromatic heterocycles. The normalized spacial score (nSPS) is 21.9. The van der Waals surface area contributed by atoms with Crippen LogP contribution in [0.25, 0.3) is 0 Å². The van der Waals surface area contributed by atoms with E-state index >= 15 is 0 Å². The zero-order chi connectivity index (χ0) is 11.8. The van der Waals surface area contributed by atoms with Gasteiger partial charge in [0.25, 0.3) is 0 Å². The maximum absolute atomic E-state index is 3.52. The first-order valence-corrected chi connectivity index (χ1v) is 8.07. The van der Waals surface area contributed by atoms with Crippen LogP contribution in [0.4, 0.5) is 0 Å². The Morgan fingerprint density at radius 2 is 2.25 bits per heavy atom. The lowest BCUT2D eigenvalue weighted by molar-refractivity contribution is 0.172. The second kappa shape index (κ2) is 8.37. The van der Waals surface area contributed by atoms with Crippen LogP contribution >= 0.6 is 11.8 Å². The molecule has 1 rings (SSSR count). The van der Waals surface area contributed by atoms with Gasteiger partial charge in [-0.05, 0) is 70.7 Å². The molecule has 96 valence electrons. The molecular weight excluding hydrogens is 216 g/mol. The van der Waals surface area contributed by atoms with Crippen LogP contribution < -0.4 is 5.32 Å².